The SMILES string of the molecule is ClCc1cc2ccccc2nc1Br. The van der Waals surface area contributed by atoms with E-state index in [9.17, 15) is 0 Å². The number of halogens is 2. The van der Waals surface area contributed by atoms with E-state index < -0.39 is 0 Å². The molecule has 0 aliphatic heterocycles. The van der Waals surface area contributed by atoms with Crippen molar-refractivity contribution in [2.75, 3.05) is 0 Å². The number of nitrogens with zero attached hydrogens (tertiary/aromatic N) is 1. The van der Waals surface area contributed by atoms with Gasteiger partial charge in [-0.1, -0.05) is 18.2 Å². The van der Waals surface area contributed by atoms with Gasteiger partial charge in [0.1, 0.15) is 4.60 Å². The van der Waals surface area contributed by atoms with Crippen LogP contribution in [-0.2, 0) is 5.88 Å². The standard InChI is InChI=1S/C10H7BrClN/c11-10-8(6-12)5-7-3-1-2-4-9(7)13-10/h1-5H,6H2. The third kappa shape index (κ3) is 1.69. The van der Waals surface area contributed by atoms with Crippen molar-refractivity contribution in [1.29, 1.82) is 0 Å². The zero-order valence-electron chi connectivity index (χ0n) is 6.80. The molecule has 0 unspecified atom stereocenters. The molecule has 2 rings (SSSR count). The summed E-state index contributed by atoms with van der Waals surface area (Å²) >= 11 is 9.14. The Balaban J connectivity index is 2.74. The van der Waals surface area contributed by atoms with Crippen LogP contribution in [0.25, 0.3) is 10.9 Å². The minimum Gasteiger partial charge on any atom is -0.241 e. The quantitative estimate of drug-likeness (QED) is 0.559. The van der Waals surface area contributed by atoms with Crippen molar-refractivity contribution in [3.05, 3.63) is 40.5 Å². The van der Waals surface area contributed by atoms with Gasteiger partial charge in [-0.2, -0.15) is 0 Å². The highest BCUT2D eigenvalue weighted by molar-refractivity contribution is 9.10. The van der Waals surface area contributed by atoms with Crippen LogP contribution in [0.4, 0.5) is 0 Å². The van der Waals surface area contributed by atoms with Gasteiger partial charge in [0, 0.05) is 10.9 Å². The minimum atomic E-state index is 0.485. The minimum absolute atomic E-state index is 0.485. The molecule has 1 aromatic carbocycles. The second-order valence-electron chi connectivity index (χ2n) is 2.76. The molecule has 0 aliphatic rings. The van der Waals surface area contributed by atoms with E-state index in [1.54, 1.807) is 0 Å². The van der Waals surface area contributed by atoms with Crippen molar-refractivity contribution in [2.24, 2.45) is 0 Å². The molecular weight excluding hydrogens is 249 g/mol. The van der Waals surface area contributed by atoms with Gasteiger partial charge in [0.25, 0.3) is 0 Å². The monoisotopic (exact) mass is 255 g/mol. The van der Waals surface area contributed by atoms with Gasteiger partial charge in [-0.25, -0.2) is 4.98 Å². The Morgan fingerprint density at radius 2 is 2.08 bits per heavy atom. The summed E-state index contributed by atoms with van der Waals surface area (Å²) < 4.78 is 0.834. The first kappa shape index (κ1) is 8.97. The lowest BCUT2D eigenvalue weighted by Crippen LogP contribution is -1.86. The molecule has 1 aromatic heterocycles. The number of alkyl halides is 1. The van der Waals surface area contributed by atoms with Crippen LogP contribution in [0.2, 0.25) is 0 Å². The Morgan fingerprint density at radius 1 is 1.31 bits per heavy atom. The maximum absolute atomic E-state index is 5.76. The lowest BCUT2D eigenvalue weighted by molar-refractivity contribution is 1.25. The molecule has 0 N–H and O–H groups in total. The molecule has 1 nitrogen and oxygen atoms in total. The lowest BCUT2D eigenvalue weighted by Gasteiger charge is -2.02. The van der Waals surface area contributed by atoms with E-state index in [2.05, 4.69) is 27.0 Å². The summed E-state index contributed by atoms with van der Waals surface area (Å²) in [5.41, 5.74) is 2.02. The first-order chi connectivity index (χ1) is 6.31. The molecule has 0 spiro atoms. The Hall–Kier alpha value is -0.600. The van der Waals surface area contributed by atoms with Gasteiger partial charge < -0.3 is 0 Å². The van der Waals surface area contributed by atoms with Crippen LogP contribution in [0.3, 0.4) is 0 Å². The number of hydrogen-bond acceptors (Lipinski definition) is 1. The van der Waals surface area contributed by atoms with E-state index in [1.807, 2.05) is 24.3 Å². The van der Waals surface area contributed by atoms with Crippen molar-refractivity contribution in [3.8, 4) is 0 Å². The van der Waals surface area contributed by atoms with Gasteiger partial charge in [-0.15, -0.1) is 11.6 Å². The molecule has 0 radical (unpaired) electrons. The van der Waals surface area contributed by atoms with E-state index in [4.69, 9.17) is 11.6 Å². The molecular formula is C10H7BrClN. The number of aromatic nitrogens is 1. The molecule has 0 saturated heterocycles. The number of pyridine rings is 1. The largest absolute Gasteiger partial charge is 0.241 e. The number of hydrogen-bond donors (Lipinski definition) is 0. The van der Waals surface area contributed by atoms with E-state index in [-0.39, 0.29) is 0 Å². The fraction of sp³-hybridized carbons (Fsp3) is 0.100. The summed E-state index contributed by atoms with van der Waals surface area (Å²) in [6.45, 7) is 0. The Kier molecular flexibility index (Phi) is 2.51. The Bertz CT molecular complexity index is 442. The van der Waals surface area contributed by atoms with Gasteiger partial charge in [0.15, 0.2) is 0 Å². The number of benzene rings is 1. The van der Waals surface area contributed by atoms with E-state index in [0.29, 0.717) is 5.88 Å². The van der Waals surface area contributed by atoms with Crippen LogP contribution in [0.1, 0.15) is 5.56 Å². The van der Waals surface area contributed by atoms with Crippen LogP contribution in [0.5, 0.6) is 0 Å². The van der Waals surface area contributed by atoms with Crippen molar-refractivity contribution >= 4 is 38.4 Å². The van der Waals surface area contributed by atoms with Crippen LogP contribution in [0, 0.1) is 0 Å². The van der Waals surface area contributed by atoms with Crippen molar-refractivity contribution in [2.45, 2.75) is 5.88 Å². The van der Waals surface area contributed by atoms with E-state index >= 15 is 0 Å². The molecule has 0 bridgehead atoms. The van der Waals surface area contributed by atoms with E-state index in [0.717, 1.165) is 21.1 Å². The van der Waals surface area contributed by atoms with E-state index in [1.165, 1.54) is 0 Å². The van der Waals surface area contributed by atoms with Gasteiger partial charge in [-0.3, -0.25) is 0 Å². The molecule has 3 heteroatoms. The molecule has 0 atom stereocenters. The average Bonchev–Trinajstić information content (AvgIpc) is 2.17. The fourth-order valence-corrected chi connectivity index (χ4v) is 2.04. The highest BCUT2D eigenvalue weighted by Gasteiger charge is 2.01. The number of rotatable bonds is 1. The third-order valence-corrected chi connectivity index (χ3v) is 2.87. The summed E-state index contributed by atoms with van der Waals surface area (Å²) in [6, 6.07) is 10.0. The predicted octanol–water partition coefficient (Wildman–Crippen LogP) is 3.74. The van der Waals surface area contributed by atoms with Crippen LogP contribution in [-0.4, -0.2) is 4.98 Å². The average molecular weight is 257 g/mol. The zero-order chi connectivity index (χ0) is 9.26. The van der Waals surface area contributed by atoms with Gasteiger partial charge in [0.05, 0.1) is 11.4 Å². The lowest BCUT2D eigenvalue weighted by atomic mass is 10.2. The van der Waals surface area contributed by atoms with Gasteiger partial charge >= 0.3 is 0 Å². The smallest absolute Gasteiger partial charge is 0.111 e. The molecule has 0 fully saturated rings. The normalized spacial score (nSPS) is 10.6. The second-order valence-corrected chi connectivity index (χ2v) is 3.78. The van der Waals surface area contributed by atoms with Crippen LogP contribution < -0.4 is 0 Å². The topological polar surface area (TPSA) is 12.9 Å². The molecule has 13 heavy (non-hydrogen) atoms. The molecule has 0 aliphatic carbocycles. The van der Waals surface area contributed by atoms with Crippen molar-refractivity contribution in [1.82, 2.24) is 4.98 Å². The van der Waals surface area contributed by atoms with Crippen molar-refractivity contribution < 1.29 is 0 Å². The summed E-state index contributed by atoms with van der Waals surface area (Å²) in [4.78, 5) is 4.38. The highest BCUT2D eigenvalue weighted by atomic mass is 79.9. The third-order valence-electron chi connectivity index (χ3n) is 1.89. The second kappa shape index (κ2) is 3.64. The molecule has 66 valence electrons. The zero-order valence-corrected chi connectivity index (χ0v) is 9.14. The molecule has 0 saturated carbocycles. The first-order valence-electron chi connectivity index (χ1n) is 3.91. The number of fused-ring (bicyclic) bond motifs is 1. The maximum Gasteiger partial charge on any atom is 0.111 e. The Labute approximate surface area is 89.9 Å². The molecule has 1 heterocycles. The summed E-state index contributed by atoms with van der Waals surface area (Å²) in [5.74, 6) is 0.485. The summed E-state index contributed by atoms with van der Waals surface area (Å²) in [7, 11) is 0. The Morgan fingerprint density at radius 3 is 2.85 bits per heavy atom. The predicted molar refractivity (Wildman–Crippen MR) is 59.0 cm³/mol. The maximum atomic E-state index is 5.76. The summed E-state index contributed by atoms with van der Waals surface area (Å²) in [5, 5.41) is 1.13. The van der Waals surface area contributed by atoms with Gasteiger partial charge in [-0.05, 0) is 28.1 Å². The van der Waals surface area contributed by atoms with Gasteiger partial charge in [0.2, 0.25) is 0 Å². The highest BCUT2D eigenvalue weighted by Crippen LogP contribution is 2.21. The van der Waals surface area contributed by atoms with Crippen LogP contribution >= 0.6 is 27.5 Å². The van der Waals surface area contributed by atoms with Crippen molar-refractivity contribution in [3.63, 3.8) is 0 Å². The fourth-order valence-electron chi connectivity index (χ4n) is 1.23. The number of para-hydroxylation sites is 1. The van der Waals surface area contributed by atoms with Crippen LogP contribution in [0.15, 0.2) is 34.9 Å². The summed E-state index contributed by atoms with van der Waals surface area (Å²) in [6.07, 6.45) is 0. The molecule has 0 amide bonds. The molecule has 2 aromatic rings. The first-order valence-corrected chi connectivity index (χ1v) is 5.24.